The molecule has 0 unspecified atom stereocenters. The molecule has 2 aromatic carbocycles. The Morgan fingerprint density at radius 1 is 1.02 bits per heavy atom. The molecule has 2 aliphatic heterocycles. The maximum absolute atomic E-state index is 13.5. The molecular formula is C42H53N5O4. The zero-order valence-corrected chi connectivity index (χ0v) is 31.9. The van der Waals surface area contributed by atoms with E-state index in [1.165, 1.54) is 29.5 Å². The van der Waals surface area contributed by atoms with Crippen LogP contribution in [0.15, 0.2) is 53.0 Å². The van der Waals surface area contributed by atoms with E-state index in [1.54, 1.807) is 31.9 Å². The number of amides is 1. The predicted octanol–water partition coefficient (Wildman–Crippen LogP) is 6.48. The zero-order valence-electron chi connectivity index (χ0n) is 31.9. The number of methoxy groups -OCH3 is 2. The maximum Gasteiger partial charge on any atom is 0.264 e. The molecule has 0 N–H and O–H groups in total. The van der Waals surface area contributed by atoms with Crippen molar-refractivity contribution in [1.82, 2.24) is 19.3 Å². The molecule has 1 amide bonds. The van der Waals surface area contributed by atoms with Crippen molar-refractivity contribution < 1.29 is 14.3 Å². The lowest BCUT2D eigenvalue weighted by atomic mass is 9.90. The Bertz CT molecular complexity index is 1950. The molecule has 0 bridgehead atoms. The van der Waals surface area contributed by atoms with Crippen LogP contribution in [-0.2, 0) is 31.4 Å². The Kier molecular flexibility index (Phi) is 9.97. The van der Waals surface area contributed by atoms with Gasteiger partial charge in [0, 0.05) is 69.2 Å². The summed E-state index contributed by atoms with van der Waals surface area (Å²) >= 11 is 0. The molecule has 1 saturated carbocycles. The fourth-order valence-corrected chi connectivity index (χ4v) is 8.07. The fraction of sp³-hybridized carbons (Fsp3) is 0.500. The van der Waals surface area contributed by atoms with Crippen LogP contribution in [0.2, 0.25) is 0 Å². The van der Waals surface area contributed by atoms with Crippen molar-refractivity contribution in [2.45, 2.75) is 85.5 Å². The summed E-state index contributed by atoms with van der Waals surface area (Å²) in [6.45, 7) is 17.1. The first kappa shape index (κ1) is 36.4. The van der Waals surface area contributed by atoms with Gasteiger partial charge >= 0.3 is 0 Å². The van der Waals surface area contributed by atoms with Crippen molar-refractivity contribution in [2.75, 3.05) is 40.4 Å². The van der Waals surface area contributed by atoms with Gasteiger partial charge in [-0.2, -0.15) is 5.26 Å². The highest BCUT2D eigenvalue weighted by Gasteiger charge is 2.51. The number of ether oxygens (including phenoxy) is 2. The lowest BCUT2D eigenvalue weighted by Gasteiger charge is -2.43. The summed E-state index contributed by atoms with van der Waals surface area (Å²) in [4.78, 5) is 33.1. The third-order valence-electron chi connectivity index (χ3n) is 11.2. The van der Waals surface area contributed by atoms with Gasteiger partial charge in [0.1, 0.15) is 23.1 Å². The summed E-state index contributed by atoms with van der Waals surface area (Å²) in [5.74, 6) is 1.40. The van der Waals surface area contributed by atoms with Crippen LogP contribution in [0.1, 0.15) is 80.0 Å². The van der Waals surface area contributed by atoms with Crippen LogP contribution in [0.5, 0.6) is 11.5 Å². The molecule has 3 heterocycles. The molecule has 2 fully saturated rings. The largest absolute Gasteiger partial charge is 0.496 e. The number of rotatable bonds is 8. The van der Waals surface area contributed by atoms with Crippen LogP contribution in [0, 0.1) is 30.6 Å². The number of pyridine rings is 1. The van der Waals surface area contributed by atoms with E-state index < -0.39 is 0 Å². The predicted molar refractivity (Wildman–Crippen MR) is 201 cm³/mol. The van der Waals surface area contributed by atoms with Gasteiger partial charge in [-0.1, -0.05) is 45.0 Å². The molecule has 1 aromatic heterocycles. The second-order valence-electron chi connectivity index (χ2n) is 15.9. The van der Waals surface area contributed by atoms with Gasteiger partial charge in [0.15, 0.2) is 0 Å². The zero-order chi connectivity index (χ0) is 36.8. The van der Waals surface area contributed by atoms with Crippen molar-refractivity contribution in [3.05, 3.63) is 91.9 Å². The molecule has 3 aliphatic rings. The van der Waals surface area contributed by atoms with Gasteiger partial charge in [-0.15, -0.1) is 0 Å². The van der Waals surface area contributed by atoms with Crippen LogP contribution in [0.25, 0.3) is 11.1 Å². The number of hydrogen-bond acceptors (Lipinski definition) is 7. The van der Waals surface area contributed by atoms with E-state index >= 15 is 0 Å². The highest BCUT2D eigenvalue weighted by Crippen LogP contribution is 2.46. The Morgan fingerprint density at radius 3 is 2.31 bits per heavy atom. The molecule has 9 heteroatoms. The van der Waals surface area contributed by atoms with Crippen molar-refractivity contribution in [1.29, 1.82) is 5.26 Å². The Labute approximate surface area is 303 Å². The molecule has 1 atom stereocenters. The molecular weight excluding hydrogens is 638 g/mol. The van der Waals surface area contributed by atoms with Crippen molar-refractivity contribution in [2.24, 2.45) is 12.5 Å². The average molecular weight is 692 g/mol. The van der Waals surface area contributed by atoms with Crippen LogP contribution in [0.3, 0.4) is 0 Å². The number of carbonyl (C=O) groups excluding carboxylic acids is 1. The molecule has 3 aromatic rings. The molecule has 0 radical (unpaired) electrons. The monoisotopic (exact) mass is 691 g/mol. The lowest BCUT2D eigenvalue weighted by Crippen LogP contribution is -2.54. The number of fused-ring (bicyclic) bond motifs is 1. The van der Waals surface area contributed by atoms with Gasteiger partial charge in [0.2, 0.25) is 0 Å². The molecule has 1 spiro atoms. The average Bonchev–Trinajstić information content (AvgIpc) is 3.88. The van der Waals surface area contributed by atoms with Crippen molar-refractivity contribution in [3.63, 3.8) is 0 Å². The van der Waals surface area contributed by atoms with Crippen LogP contribution in [-0.4, -0.2) is 71.1 Å². The molecule has 1 saturated heterocycles. The van der Waals surface area contributed by atoms with Gasteiger partial charge in [-0.05, 0) is 85.4 Å². The number of hydrogen-bond donors (Lipinski definition) is 0. The first-order chi connectivity index (χ1) is 24.2. The minimum atomic E-state index is -0.250. The maximum atomic E-state index is 13.5. The molecule has 1 aliphatic carbocycles. The SMILES string of the molecule is COc1cc(-c2cn(C)c(=O)c(C)c2C)cc(OC)c1CN1CCN(Cc2ccc3c(c2)[C@H](C)N(C(=O)/C(C#N)=C/C(C)(C)C)CC3)C2(CC2)C1. The summed E-state index contributed by atoms with van der Waals surface area (Å²) in [7, 11) is 5.21. The Hall–Kier alpha value is -4.39. The number of nitrogens with zero attached hydrogens (tertiary/aromatic N) is 5. The van der Waals surface area contributed by atoms with E-state index in [-0.39, 0.29) is 34.0 Å². The summed E-state index contributed by atoms with van der Waals surface area (Å²) in [5, 5.41) is 9.80. The van der Waals surface area contributed by atoms with Gasteiger partial charge < -0.3 is 18.9 Å². The Morgan fingerprint density at radius 2 is 1.71 bits per heavy atom. The van der Waals surface area contributed by atoms with E-state index in [0.717, 1.165) is 78.5 Å². The van der Waals surface area contributed by atoms with Gasteiger partial charge in [-0.3, -0.25) is 19.4 Å². The number of benzene rings is 2. The van der Waals surface area contributed by atoms with E-state index in [1.807, 2.05) is 45.7 Å². The summed E-state index contributed by atoms with van der Waals surface area (Å²) in [6.07, 6.45) is 6.82. The summed E-state index contributed by atoms with van der Waals surface area (Å²) in [5.41, 5.74) is 8.56. The standard InChI is InChI=1S/C42H53N5O4/c1-27-28(2)39(48)44(7)24-35(27)32-19-37(50-8)36(38(20-32)51-9)25-45-16-17-46(42(26-45)13-14-42)23-30-10-11-31-12-15-47(29(3)34(31)18-30)40(49)33(22-43)21-41(4,5)6/h10-11,18-21,24,29H,12-17,23,25-26H2,1-9H3/b33-21+/t29-/m0/s1. The third-order valence-corrected chi connectivity index (χ3v) is 11.2. The Balaban J connectivity index is 1.17. The van der Waals surface area contributed by atoms with Crippen LogP contribution < -0.4 is 15.0 Å². The number of allylic oxidation sites excluding steroid dienone is 1. The van der Waals surface area contributed by atoms with E-state index in [9.17, 15) is 14.9 Å². The topological polar surface area (TPSA) is 91.0 Å². The first-order valence-electron chi connectivity index (χ1n) is 18.1. The minimum absolute atomic E-state index is 0.0131. The lowest BCUT2D eigenvalue weighted by molar-refractivity contribution is -0.129. The van der Waals surface area contributed by atoms with Crippen LogP contribution in [0.4, 0.5) is 0 Å². The minimum Gasteiger partial charge on any atom is -0.496 e. The second kappa shape index (κ2) is 14.0. The molecule has 270 valence electrons. The molecule has 6 rings (SSSR count). The van der Waals surface area contributed by atoms with Crippen molar-refractivity contribution in [3.8, 4) is 28.7 Å². The van der Waals surface area contributed by atoms with Gasteiger partial charge in [0.05, 0.1) is 25.8 Å². The highest BCUT2D eigenvalue weighted by molar-refractivity contribution is 5.97. The van der Waals surface area contributed by atoms with Crippen molar-refractivity contribution >= 4 is 5.91 Å². The first-order valence-corrected chi connectivity index (χ1v) is 18.1. The highest BCUT2D eigenvalue weighted by atomic mass is 16.5. The van der Waals surface area contributed by atoms with E-state index in [0.29, 0.717) is 6.54 Å². The van der Waals surface area contributed by atoms with Gasteiger partial charge in [0.25, 0.3) is 11.5 Å². The van der Waals surface area contributed by atoms with Crippen LogP contribution >= 0.6 is 0 Å². The fourth-order valence-electron chi connectivity index (χ4n) is 8.07. The van der Waals surface area contributed by atoms with Gasteiger partial charge in [-0.25, -0.2) is 0 Å². The number of aryl methyl sites for hydroxylation is 1. The summed E-state index contributed by atoms with van der Waals surface area (Å²) in [6, 6.07) is 13.0. The number of piperazine rings is 1. The second-order valence-corrected chi connectivity index (χ2v) is 15.9. The van der Waals surface area contributed by atoms with E-state index in [2.05, 4.69) is 53.1 Å². The summed E-state index contributed by atoms with van der Waals surface area (Å²) < 4.78 is 13.6. The molecule has 9 nitrogen and oxygen atoms in total. The quantitative estimate of drug-likeness (QED) is 0.197. The van der Waals surface area contributed by atoms with E-state index in [4.69, 9.17) is 9.47 Å². The number of aromatic nitrogens is 1. The third kappa shape index (κ3) is 7.22. The normalized spacial score (nSPS) is 19.1. The smallest absolute Gasteiger partial charge is 0.264 e. The molecule has 51 heavy (non-hydrogen) atoms. The number of nitriles is 1. The number of carbonyl (C=O) groups is 1.